The minimum Gasteiger partial charge on any atom is -0.417 e. The van der Waals surface area contributed by atoms with Crippen molar-refractivity contribution < 1.29 is 14.0 Å². The van der Waals surface area contributed by atoms with Crippen molar-refractivity contribution >= 4 is 25.2 Å². The highest BCUT2D eigenvalue weighted by molar-refractivity contribution is 8.13. The van der Waals surface area contributed by atoms with Crippen molar-refractivity contribution in [1.82, 2.24) is 9.55 Å². The van der Waals surface area contributed by atoms with E-state index >= 15 is 0 Å². The van der Waals surface area contributed by atoms with E-state index in [4.69, 9.17) is 9.16 Å². The molecule has 2 heterocycles. The second-order valence-electron chi connectivity index (χ2n) is 9.30. The van der Waals surface area contributed by atoms with Crippen molar-refractivity contribution in [2.24, 2.45) is 5.92 Å². The highest BCUT2D eigenvalue weighted by Gasteiger charge is 2.39. The highest BCUT2D eigenvalue weighted by atomic mass is 32.2. The van der Waals surface area contributed by atoms with Crippen LogP contribution in [0.15, 0.2) is 15.8 Å². The third-order valence-electron chi connectivity index (χ3n) is 5.99. The number of aromatic amines is 1. The van der Waals surface area contributed by atoms with Crippen molar-refractivity contribution in [3.05, 3.63) is 32.6 Å². The monoisotopic (exact) mass is 442 g/mol. The lowest BCUT2D eigenvalue weighted by Crippen LogP contribution is -2.41. The molecule has 1 aromatic rings. The van der Waals surface area contributed by atoms with E-state index in [-0.39, 0.29) is 27.7 Å². The SMILES string of the molecule is CC(=O)SC[C@H]1C[C@H](n2cc(C)c(=O)[nH]c2=O)O[C@@H]1CCO[Si](C)(C)C(C)(C)C. The van der Waals surface area contributed by atoms with Crippen LogP contribution in [0.4, 0.5) is 0 Å². The fraction of sp³-hybridized carbons (Fsp3) is 0.750. The first kappa shape index (κ1) is 24.1. The van der Waals surface area contributed by atoms with Crippen molar-refractivity contribution in [2.45, 2.75) is 77.9 Å². The number of ether oxygens (including phenoxy) is 1. The Bertz CT molecular complexity index is 842. The molecule has 1 aliphatic heterocycles. The number of hydrogen-bond donors (Lipinski definition) is 1. The molecule has 29 heavy (non-hydrogen) atoms. The Balaban J connectivity index is 2.12. The van der Waals surface area contributed by atoms with Gasteiger partial charge in [0.05, 0.1) is 6.10 Å². The van der Waals surface area contributed by atoms with E-state index in [0.717, 1.165) is 0 Å². The first-order chi connectivity index (χ1) is 13.3. The molecule has 1 aromatic heterocycles. The van der Waals surface area contributed by atoms with Gasteiger partial charge in [-0.25, -0.2) is 4.79 Å². The third-order valence-corrected chi connectivity index (χ3v) is 11.5. The molecule has 0 spiro atoms. The number of H-pyrrole nitrogens is 1. The molecule has 7 nitrogen and oxygen atoms in total. The number of nitrogens with one attached hydrogen (secondary N) is 1. The summed E-state index contributed by atoms with van der Waals surface area (Å²) < 4.78 is 14.0. The van der Waals surface area contributed by atoms with Crippen LogP contribution in [0.5, 0.6) is 0 Å². The lowest BCUT2D eigenvalue weighted by atomic mass is 10.0. The lowest BCUT2D eigenvalue weighted by molar-refractivity contribution is -0.109. The molecule has 1 saturated heterocycles. The van der Waals surface area contributed by atoms with Gasteiger partial charge in [0, 0.05) is 31.0 Å². The Morgan fingerprint density at radius 2 is 2.03 bits per heavy atom. The lowest BCUT2D eigenvalue weighted by Gasteiger charge is -2.36. The van der Waals surface area contributed by atoms with Gasteiger partial charge in [0.15, 0.2) is 13.4 Å². The van der Waals surface area contributed by atoms with Crippen LogP contribution in [-0.2, 0) is 14.0 Å². The quantitative estimate of drug-likeness (QED) is 0.651. The van der Waals surface area contributed by atoms with Crippen LogP contribution in [-0.4, -0.2) is 41.4 Å². The van der Waals surface area contributed by atoms with E-state index in [9.17, 15) is 14.4 Å². The summed E-state index contributed by atoms with van der Waals surface area (Å²) in [6.07, 6.45) is 2.33. The number of hydrogen-bond acceptors (Lipinski definition) is 6. The van der Waals surface area contributed by atoms with Crippen molar-refractivity contribution in [3.63, 3.8) is 0 Å². The maximum atomic E-state index is 12.3. The summed E-state index contributed by atoms with van der Waals surface area (Å²) in [4.78, 5) is 37.7. The first-order valence-electron chi connectivity index (χ1n) is 10.1. The topological polar surface area (TPSA) is 90.4 Å². The van der Waals surface area contributed by atoms with Gasteiger partial charge in [0.25, 0.3) is 5.56 Å². The summed E-state index contributed by atoms with van der Waals surface area (Å²) >= 11 is 1.29. The zero-order valence-electron chi connectivity index (χ0n) is 18.5. The third kappa shape index (κ3) is 6.16. The molecule has 1 aliphatic rings. The molecule has 2 rings (SSSR count). The van der Waals surface area contributed by atoms with E-state index in [2.05, 4.69) is 38.8 Å². The average Bonchev–Trinajstić information content (AvgIpc) is 2.98. The number of thioether (sulfide) groups is 1. The molecule has 0 bridgehead atoms. The second kappa shape index (κ2) is 9.32. The molecule has 3 atom stereocenters. The van der Waals surface area contributed by atoms with Crippen LogP contribution in [0.2, 0.25) is 18.1 Å². The summed E-state index contributed by atoms with van der Waals surface area (Å²) in [5, 5.41) is 0.207. The maximum Gasteiger partial charge on any atom is 0.330 e. The number of nitrogens with zero attached hydrogens (tertiary/aromatic N) is 1. The zero-order valence-corrected chi connectivity index (χ0v) is 20.4. The van der Waals surface area contributed by atoms with Crippen molar-refractivity contribution in [1.29, 1.82) is 0 Å². The normalized spacial score (nSPS) is 22.8. The summed E-state index contributed by atoms with van der Waals surface area (Å²) in [5.41, 5.74) is -0.387. The van der Waals surface area contributed by atoms with Gasteiger partial charge in [-0.2, -0.15) is 0 Å². The molecule has 0 aliphatic carbocycles. The van der Waals surface area contributed by atoms with Gasteiger partial charge in [-0.1, -0.05) is 32.5 Å². The van der Waals surface area contributed by atoms with E-state index in [1.54, 1.807) is 20.0 Å². The maximum absolute atomic E-state index is 12.3. The van der Waals surface area contributed by atoms with Gasteiger partial charge in [-0.3, -0.25) is 19.1 Å². The molecular weight excluding hydrogens is 408 g/mol. The van der Waals surface area contributed by atoms with Gasteiger partial charge in [0.2, 0.25) is 0 Å². The van der Waals surface area contributed by atoms with Crippen LogP contribution >= 0.6 is 11.8 Å². The van der Waals surface area contributed by atoms with Gasteiger partial charge in [-0.05, 0) is 43.8 Å². The molecular formula is C20H34N2O5SSi. The number of aryl methyl sites for hydroxylation is 1. The minimum absolute atomic E-state index is 0.0711. The summed E-state index contributed by atoms with van der Waals surface area (Å²) in [6.45, 7) is 14.9. The van der Waals surface area contributed by atoms with Crippen molar-refractivity contribution in [3.8, 4) is 0 Å². The van der Waals surface area contributed by atoms with Crippen LogP contribution in [0, 0.1) is 12.8 Å². The number of carbonyl (C=O) groups excluding carboxylic acids is 1. The zero-order chi connectivity index (χ0) is 22.0. The number of rotatable bonds is 7. The number of aromatic nitrogens is 2. The fourth-order valence-corrected chi connectivity index (χ4v) is 4.97. The molecule has 164 valence electrons. The van der Waals surface area contributed by atoms with Crippen LogP contribution in [0.3, 0.4) is 0 Å². The van der Waals surface area contributed by atoms with Crippen molar-refractivity contribution in [2.75, 3.05) is 12.4 Å². The molecule has 0 amide bonds. The fourth-order valence-electron chi connectivity index (χ4n) is 3.11. The van der Waals surface area contributed by atoms with Gasteiger partial charge >= 0.3 is 5.69 Å². The molecule has 0 aromatic carbocycles. The van der Waals surface area contributed by atoms with E-state index in [1.807, 2.05) is 0 Å². The largest absolute Gasteiger partial charge is 0.417 e. The molecule has 1 fully saturated rings. The highest BCUT2D eigenvalue weighted by Crippen LogP contribution is 2.39. The molecule has 0 radical (unpaired) electrons. The van der Waals surface area contributed by atoms with Gasteiger partial charge in [-0.15, -0.1) is 0 Å². The van der Waals surface area contributed by atoms with E-state index in [0.29, 0.717) is 30.8 Å². The Hall–Kier alpha value is -1.16. The Kier molecular flexibility index (Phi) is 7.75. The number of carbonyl (C=O) groups is 1. The first-order valence-corrected chi connectivity index (χ1v) is 14.0. The molecule has 9 heteroatoms. The molecule has 0 saturated carbocycles. The average molecular weight is 443 g/mol. The molecule has 1 N–H and O–H groups in total. The standard InChI is InChI=1S/C20H34N2O5SSi/c1-13-11-22(19(25)21-18(13)24)17-10-15(12-28-14(2)23)16(27-17)8-9-26-29(6,7)20(3,4)5/h11,15-17H,8-10,12H2,1-7H3,(H,21,24,25)/t15-,16-,17-/m1/s1. The predicted octanol–water partition coefficient (Wildman–Crippen LogP) is 3.44. The minimum atomic E-state index is -1.85. The van der Waals surface area contributed by atoms with Crippen LogP contribution in [0.1, 0.15) is 52.3 Å². The Labute approximate surface area is 177 Å². The smallest absolute Gasteiger partial charge is 0.330 e. The van der Waals surface area contributed by atoms with E-state index in [1.165, 1.54) is 16.3 Å². The van der Waals surface area contributed by atoms with Gasteiger partial charge < -0.3 is 9.16 Å². The van der Waals surface area contributed by atoms with Crippen LogP contribution < -0.4 is 11.2 Å². The van der Waals surface area contributed by atoms with Gasteiger partial charge in [0.1, 0.15) is 6.23 Å². The molecule has 0 unspecified atom stereocenters. The Morgan fingerprint density at radius 1 is 1.38 bits per heavy atom. The second-order valence-corrected chi connectivity index (χ2v) is 15.3. The summed E-state index contributed by atoms with van der Waals surface area (Å²) in [7, 11) is -1.85. The van der Waals surface area contributed by atoms with E-state index < -0.39 is 20.2 Å². The predicted molar refractivity (Wildman–Crippen MR) is 119 cm³/mol. The Morgan fingerprint density at radius 3 is 2.62 bits per heavy atom. The summed E-state index contributed by atoms with van der Waals surface area (Å²) in [5.74, 6) is 0.782. The summed E-state index contributed by atoms with van der Waals surface area (Å²) in [6, 6.07) is 0. The van der Waals surface area contributed by atoms with Crippen LogP contribution in [0.25, 0.3) is 0 Å².